The Balaban J connectivity index is 1.82. The van der Waals surface area contributed by atoms with Gasteiger partial charge in [0.15, 0.2) is 10.8 Å². The summed E-state index contributed by atoms with van der Waals surface area (Å²) in [5.74, 6) is -0.747. The molecule has 142 valence electrons. The fourth-order valence-corrected chi connectivity index (χ4v) is 3.20. The molecule has 1 N–H and O–H groups in total. The van der Waals surface area contributed by atoms with Crippen molar-refractivity contribution in [1.29, 1.82) is 0 Å². The Morgan fingerprint density at radius 1 is 1.26 bits per heavy atom. The van der Waals surface area contributed by atoms with E-state index < -0.39 is 12.3 Å². The van der Waals surface area contributed by atoms with Gasteiger partial charge in [0.25, 0.3) is 5.91 Å². The number of amides is 1. The maximum atomic E-state index is 12.4. The SMILES string of the molecule is CCOc1ccc(Cl)c(C(=O)Nc2nc3ccc(OC(F)(F)F)cc3s2)n1. The molecule has 0 radical (unpaired) electrons. The molecule has 27 heavy (non-hydrogen) atoms. The third-order valence-corrected chi connectivity index (χ3v) is 4.38. The molecule has 0 aliphatic rings. The Hall–Kier alpha value is -2.59. The molecule has 1 aromatic carbocycles. The molecule has 0 aliphatic heterocycles. The second-order valence-electron chi connectivity index (χ2n) is 5.06. The fourth-order valence-electron chi connectivity index (χ4n) is 2.12. The van der Waals surface area contributed by atoms with Gasteiger partial charge in [0.2, 0.25) is 5.88 Å². The van der Waals surface area contributed by atoms with Crippen LogP contribution in [0.1, 0.15) is 17.4 Å². The highest BCUT2D eigenvalue weighted by Crippen LogP contribution is 2.32. The lowest BCUT2D eigenvalue weighted by atomic mass is 10.3. The lowest BCUT2D eigenvalue weighted by molar-refractivity contribution is -0.274. The maximum absolute atomic E-state index is 12.4. The van der Waals surface area contributed by atoms with Gasteiger partial charge in [0.1, 0.15) is 5.75 Å². The van der Waals surface area contributed by atoms with Crippen LogP contribution < -0.4 is 14.8 Å². The summed E-state index contributed by atoms with van der Waals surface area (Å²) in [5.41, 5.74) is 0.356. The number of hydrogen-bond acceptors (Lipinski definition) is 6. The minimum Gasteiger partial charge on any atom is -0.478 e. The number of ether oxygens (including phenoxy) is 2. The van der Waals surface area contributed by atoms with E-state index in [2.05, 4.69) is 20.0 Å². The van der Waals surface area contributed by atoms with Crippen LogP contribution in [0.15, 0.2) is 30.3 Å². The zero-order valence-corrected chi connectivity index (χ0v) is 15.2. The molecule has 6 nitrogen and oxygen atoms in total. The first-order valence-electron chi connectivity index (χ1n) is 7.52. The van der Waals surface area contributed by atoms with Crippen LogP contribution >= 0.6 is 22.9 Å². The first kappa shape index (κ1) is 19.2. The average Bonchev–Trinajstić information content (AvgIpc) is 2.96. The predicted octanol–water partition coefficient (Wildman–Crippen LogP) is 4.89. The first-order chi connectivity index (χ1) is 12.7. The van der Waals surface area contributed by atoms with E-state index in [-0.39, 0.29) is 27.5 Å². The van der Waals surface area contributed by atoms with Crippen molar-refractivity contribution in [1.82, 2.24) is 9.97 Å². The molecule has 2 aromatic heterocycles. The molecule has 0 aliphatic carbocycles. The third kappa shape index (κ3) is 4.77. The highest BCUT2D eigenvalue weighted by molar-refractivity contribution is 7.22. The zero-order valence-electron chi connectivity index (χ0n) is 13.6. The Labute approximate surface area is 159 Å². The minimum absolute atomic E-state index is 0.0528. The number of hydrogen-bond donors (Lipinski definition) is 1. The number of carbonyl (C=O) groups is 1. The highest BCUT2D eigenvalue weighted by Gasteiger charge is 2.31. The van der Waals surface area contributed by atoms with Gasteiger partial charge >= 0.3 is 6.36 Å². The summed E-state index contributed by atoms with van der Waals surface area (Å²) >= 11 is 6.99. The number of fused-ring (bicyclic) bond motifs is 1. The first-order valence-corrected chi connectivity index (χ1v) is 8.71. The number of nitrogens with one attached hydrogen (secondary N) is 1. The second kappa shape index (κ2) is 7.57. The molecule has 0 spiro atoms. The molecule has 0 saturated heterocycles. The largest absolute Gasteiger partial charge is 0.573 e. The fraction of sp³-hybridized carbons (Fsp3) is 0.188. The molecule has 0 atom stereocenters. The van der Waals surface area contributed by atoms with Gasteiger partial charge in [-0.25, -0.2) is 9.97 Å². The zero-order chi connectivity index (χ0) is 19.6. The summed E-state index contributed by atoms with van der Waals surface area (Å²) in [6.07, 6.45) is -4.79. The van der Waals surface area contributed by atoms with Crippen molar-refractivity contribution in [2.75, 3.05) is 11.9 Å². The number of anilines is 1. The van der Waals surface area contributed by atoms with Crippen LogP contribution in [-0.2, 0) is 0 Å². The van der Waals surface area contributed by atoms with Crippen LogP contribution in [0.25, 0.3) is 10.2 Å². The van der Waals surface area contributed by atoms with Crippen molar-refractivity contribution in [2.24, 2.45) is 0 Å². The molecule has 2 heterocycles. The van der Waals surface area contributed by atoms with Gasteiger partial charge < -0.3 is 9.47 Å². The number of rotatable bonds is 5. The summed E-state index contributed by atoms with van der Waals surface area (Å²) in [6, 6.07) is 6.71. The van der Waals surface area contributed by atoms with Crippen molar-refractivity contribution in [3.05, 3.63) is 41.0 Å². The van der Waals surface area contributed by atoms with E-state index in [4.69, 9.17) is 16.3 Å². The standard InChI is InChI=1S/C16H11ClF3N3O3S/c1-2-25-12-6-4-9(17)13(22-12)14(24)23-15-21-10-5-3-8(7-11(10)27-15)26-16(18,19)20/h3-7H,2H2,1H3,(H,21,23,24). The van der Waals surface area contributed by atoms with E-state index in [0.29, 0.717) is 16.8 Å². The van der Waals surface area contributed by atoms with Crippen LogP contribution in [0.2, 0.25) is 5.02 Å². The predicted molar refractivity (Wildman–Crippen MR) is 94.7 cm³/mol. The highest BCUT2D eigenvalue weighted by atomic mass is 35.5. The van der Waals surface area contributed by atoms with Gasteiger partial charge in [-0.3, -0.25) is 10.1 Å². The van der Waals surface area contributed by atoms with Gasteiger partial charge in [0, 0.05) is 12.1 Å². The van der Waals surface area contributed by atoms with E-state index in [9.17, 15) is 18.0 Å². The molecule has 0 fully saturated rings. The van der Waals surface area contributed by atoms with Gasteiger partial charge in [-0.2, -0.15) is 0 Å². The monoisotopic (exact) mass is 417 g/mol. The van der Waals surface area contributed by atoms with Crippen molar-refractivity contribution >= 4 is 44.2 Å². The van der Waals surface area contributed by atoms with Crippen LogP contribution in [0.4, 0.5) is 18.3 Å². The van der Waals surface area contributed by atoms with E-state index in [1.807, 2.05) is 0 Å². The number of pyridine rings is 1. The van der Waals surface area contributed by atoms with Crippen LogP contribution in [0, 0.1) is 0 Å². The Morgan fingerprint density at radius 2 is 2.04 bits per heavy atom. The van der Waals surface area contributed by atoms with E-state index in [1.54, 1.807) is 6.92 Å². The van der Waals surface area contributed by atoms with Gasteiger partial charge in [-0.1, -0.05) is 22.9 Å². The maximum Gasteiger partial charge on any atom is 0.573 e. The number of carbonyl (C=O) groups excluding carboxylic acids is 1. The summed E-state index contributed by atoms with van der Waals surface area (Å²) in [6.45, 7) is 2.14. The summed E-state index contributed by atoms with van der Waals surface area (Å²) in [7, 11) is 0. The second-order valence-corrected chi connectivity index (χ2v) is 6.50. The van der Waals surface area contributed by atoms with Crippen molar-refractivity contribution in [2.45, 2.75) is 13.3 Å². The smallest absolute Gasteiger partial charge is 0.478 e. The summed E-state index contributed by atoms with van der Waals surface area (Å²) in [4.78, 5) is 20.6. The molecule has 11 heteroatoms. The quantitative estimate of drug-likeness (QED) is 0.639. The number of alkyl halides is 3. The van der Waals surface area contributed by atoms with Gasteiger partial charge in [0.05, 0.1) is 21.8 Å². The molecular formula is C16H11ClF3N3O3S. The summed E-state index contributed by atoms with van der Waals surface area (Å²) < 4.78 is 46.4. The van der Waals surface area contributed by atoms with E-state index in [0.717, 1.165) is 17.4 Å². The van der Waals surface area contributed by atoms with Crippen LogP contribution in [0.5, 0.6) is 11.6 Å². The minimum atomic E-state index is -4.79. The topological polar surface area (TPSA) is 73.3 Å². The number of halogens is 4. The lowest BCUT2D eigenvalue weighted by Crippen LogP contribution is -2.16. The molecule has 3 aromatic rings. The Kier molecular flexibility index (Phi) is 5.38. The number of nitrogens with zero attached hydrogens (tertiary/aromatic N) is 2. The summed E-state index contributed by atoms with van der Waals surface area (Å²) in [5, 5.41) is 2.83. The van der Waals surface area contributed by atoms with Crippen molar-refractivity contribution in [3.8, 4) is 11.6 Å². The molecule has 3 rings (SSSR count). The van der Waals surface area contributed by atoms with Gasteiger partial charge in [-0.05, 0) is 25.1 Å². The van der Waals surface area contributed by atoms with Crippen LogP contribution in [0.3, 0.4) is 0 Å². The number of benzene rings is 1. The number of thiazole rings is 1. The van der Waals surface area contributed by atoms with Crippen LogP contribution in [-0.4, -0.2) is 28.8 Å². The van der Waals surface area contributed by atoms with Crippen molar-refractivity contribution in [3.63, 3.8) is 0 Å². The molecule has 1 amide bonds. The van der Waals surface area contributed by atoms with E-state index >= 15 is 0 Å². The molecular weight excluding hydrogens is 407 g/mol. The Bertz CT molecular complexity index is 994. The molecule has 0 bridgehead atoms. The Morgan fingerprint density at radius 3 is 2.74 bits per heavy atom. The number of aromatic nitrogens is 2. The van der Waals surface area contributed by atoms with Gasteiger partial charge in [-0.15, -0.1) is 13.2 Å². The molecule has 0 unspecified atom stereocenters. The average molecular weight is 418 g/mol. The normalized spacial score (nSPS) is 11.4. The van der Waals surface area contributed by atoms with E-state index in [1.165, 1.54) is 24.3 Å². The molecule has 0 saturated carbocycles. The third-order valence-electron chi connectivity index (χ3n) is 3.14. The van der Waals surface area contributed by atoms with Crippen molar-refractivity contribution < 1.29 is 27.4 Å². The lowest BCUT2D eigenvalue weighted by Gasteiger charge is -2.07.